The quantitative estimate of drug-likeness (QED) is 0.876. The van der Waals surface area contributed by atoms with Crippen molar-refractivity contribution in [2.75, 3.05) is 23.7 Å². The summed E-state index contributed by atoms with van der Waals surface area (Å²) in [7, 11) is 2.00. The molecule has 4 nitrogen and oxygen atoms in total. The minimum Gasteiger partial charge on any atom is -0.394 e. The molecule has 1 unspecified atom stereocenters. The molecule has 1 aliphatic rings. The van der Waals surface area contributed by atoms with Gasteiger partial charge in [-0.25, -0.2) is 0 Å². The maximum absolute atomic E-state index is 6.25. The molecular weight excluding hydrogens is 212 g/mol. The molecule has 0 aromatic carbocycles. The number of hydrogen-bond donors (Lipinski definition) is 1. The molecule has 0 bridgehead atoms. The van der Waals surface area contributed by atoms with Crippen LogP contribution in [0.2, 0.25) is 0 Å². The van der Waals surface area contributed by atoms with E-state index in [1.54, 1.807) is 0 Å². The topological polar surface area (TPSA) is 47.1 Å². The molecule has 2 N–H and O–H groups in total. The second kappa shape index (κ2) is 4.59. The lowest BCUT2D eigenvalue weighted by Gasteiger charge is -2.19. The molecule has 1 saturated heterocycles. The van der Waals surface area contributed by atoms with Crippen molar-refractivity contribution in [2.24, 2.45) is 13.0 Å². The van der Waals surface area contributed by atoms with Gasteiger partial charge < -0.3 is 10.6 Å². The highest BCUT2D eigenvalue weighted by atomic mass is 15.4. The molecule has 4 heteroatoms. The van der Waals surface area contributed by atoms with E-state index < -0.39 is 0 Å². The van der Waals surface area contributed by atoms with Crippen LogP contribution in [0.5, 0.6) is 0 Å². The van der Waals surface area contributed by atoms with Crippen LogP contribution in [0.3, 0.4) is 0 Å². The van der Waals surface area contributed by atoms with Crippen molar-refractivity contribution in [3.63, 3.8) is 0 Å². The van der Waals surface area contributed by atoms with Crippen molar-refractivity contribution in [1.29, 1.82) is 0 Å². The van der Waals surface area contributed by atoms with Crippen LogP contribution in [0, 0.1) is 5.92 Å². The van der Waals surface area contributed by atoms with Crippen LogP contribution in [0.4, 0.5) is 11.5 Å². The fourth-order valence-corrected chi connectivity index (χ4v) is 2.71. The van der Waals surface area contributed by atoms with Crippen molar-refractivity contribution < 1.29 is 0 Å². The van der Waals surface area contributed by atoms with Crippen molar-refractivity contribution in [3.05, 3.63) is 5.69 Å². The Balaban J connectivity index is 2.27. The lowest BCUT2D eigenvalue weighted by molar-refractivity contribution is 0.567. The van der Waals surface area contributed by atoms with E-state index in [-0.39, 0.29) is 0 Å². The van der Waals surface area contributed by atoms with Gasteiger partial charge in [0.2, 0.25) is 0 Å². The van der Waals surface area contributed by atoms with Crippen molar-refractivity contribution >= 4 is 11.5 Å². The van der Waals surface area contributed by atoms with Crippen molar-refractivity contribution in [2.45, 2.75) is 39.5 Å². The monoisotopic (exact) mass is 236 g/mol. The average Bonchev–Trinajstić information content (AvgIpc) is 2.83. The zero-order valence-electron chi connectivity index (χ0n) is 11.4. The van der Waals surface area contributed by atoms with Gasteiger partial charge in [0.1, 0.15) is 5.82 Å². The lowest BCUT2D eigenvalue weighted by atomic mass is 10.1. The van der Waals surface area contributed by atoms with Gasteiger partial charge in [0, 0.05) is 20.1 Å². The highest BCUT2D eigenvalue weighted by Crippen LogP contribution is 2.34. The third-order valence-corrected chi connectivity index (χ3v) is 3.79. The van der Waals surface area contributed by atoms with E-state index in [0.717, 1.165) is 36.2 Å². The fourth-order valence-electron chi connectivity index (χ4n) is 2.71. The summed E-state index contributed by atoms with van der Waals surface area (Å²) < 4.78 is 1.95. The molecule has 2 heterocycles. The molecule has 0 saturated carbocycles. The van der Waals surface area contributed by atoms with E-state index in [2.05, 4.69) is 30.8 Å². The van der Waals surface area contributed by atoms with E-state index in [1.165, 1.54) is 12.8 Å². The molecule has 0 spiro atoms. The molecule has 1 atom stereocenters. The van der Waals surface area contributed by atoms with Gasteiger partial charge in [-0.1, -0.05) is 27.2 Å². The number of aromatic nitrogens is 2. The first-order chi connectivity index (χ1) is 8.04. The first-order valence-corrected chi connectivity index (χ1v) is 6.61. The van der Waals surface area contributed by atoms with Crippen molar-refractivity contribution in [3.8, 4) is 0 Å². The minimum atomic E-state index is 0.388. The molecule has 1 fully saturated rings. The maximum atomic E-state index is 6.25. The second-order valence-corrected chi connectivity index (χ2v) is 5.41. The van der Waals surface area contributed by atoms with Crippen LogP contribution in [0.25, 0.3) is 0 Å². The second-order valence-electron chi connectivity index (χ2n) is 5.41. The van der Waals surface area contributed by atoms with Gasteiger partial charge in [0.25, 0.3) is 0 Å². The SMILES string of the molecule is CCC1CCN(c2c(N)c(C(C)C)nn2C)C1. The molecule has 0 amide bonds. The van der Waals surface area contributed by atoms with E-state index in [4.69, 9.17) is 5.73 Å². The molecule has 1 aromatic rings. The summed E-state index contributed by atoms with van der Waals surface area (Å²) in [6, 6.07) is 0. The average molecular weight is 236 g/mol. The van der Waals surface area contributed by atoms with Gasteiger partial charge in [-0.2, -0.15) is 5.10 Å². The highest BCUT2D eigenvalue weighted by molar-refractivity contribution is 5.67. The zero-order chi connectivity index (χ0) is 12.6. The van der Waals surface area contributed by atoms with Gasteiger partial charge in [0.15, 0.2) is 0 Å². The molecule has 96 valence electrons. The van der Waals surface area contributed by atoms with Gasteiger partial charge in [-0.15, -0.1) is 0 Å². The first kappa shape index (κ1) is 12.3. The summed E-state index contributed by atoms with van der Waals surface area (Å²) in [5, 5.41) is 4.56. The van der Waals surface area contributed by atoms with Gasteiger partial charge in [-0.05, 0) is 18.3 Å². The zero-order valence-corrected chi connectivity index (χ0v) is 11.4. The first-order valence-electron chi connectivity index (χ1n) is 6.61. The normalized spacial score (nSPS) is 20.5. The third-order valence-electron chi connectivity index (χ3n) is 3.79. The Morgan fingerprint density at radius 3 is 2.65 bits per heavy atom. The molecular formula is C13H24N4. The summed E-state index contributed by atoms with van der Waals surface area (Å²) in [5.74, 6) is 2.32. The molecule has 1 aliphatic heterocycles. The third kappa shape index (κ3) is 2.13. The van der Waals surface area contributed by atoms with Crippen LogP contribution in [-0.4, -0.2) is 22.9 Å². The van der Waals surface area contributed by atoms with Crippen LogP contribution in [0.1, 0.15) is 45.2 Å². The molecule has 1 aromatic heterocycles. The van der Waals surface area contributed by atoms with E-state index in [1.807, 2.05) is 11.7 Å². The van der Waals surface area contributed by atoms with E-state index in [9.17, 15) is 0 Å². The Morgan fingerprint density at radius 1 is 1.47 bits per heavy atom. The maximum Gasteiger partial charge on any atom is 0.150 e. The predicted octanol–water partition coefficient (Wildman–Crippen LogP) is 2.36. The number of nitrogens with zero attached hydrogens (tertiary/aromatic N) is 3. The summed E-state index contributed by atoms with van der Waals surface area (Å²) in [4.78, 5) is 2.39. The minimum absolute atomic E-state index is 0.388. The van der Waals surface area contributed by atoms with Gasteiger partial charge in [0.05, 0.1) is 11.4 Å². The number of hydrogen-bond acceptors (Lipinski definition) is 3. The summed E-state index contributed by atoms with van der Waals surface area (Å²) in [6.45, 7) is 8.78. The molecule has 0 aliphatic carbocycles. The van der Waals surface area contributed by atoms with Gasteiger partial charge in [-0.3, -0.25) is 4.68 Å². The number of rotatable bonds is 3. The fraction of sp³-hybridized carbons (Fsp3) is 0.769. The van der Waals surface area contributed by atoms with Gasteiger partial charge >= 0.3 is 0 Å². The Bertz CT molecular complexity index is 394. The van der Waals surface area contributed by atoms with E-state index in [0.29, 0.717) is 5.92 Å². The Morgan fingerprint density at radius 2 is 2.18 bits per heavy atom. The Labute approximate surface area is 104 Å². The van der Waals surface area contributed by atoms with E-state index >= 15 is 0 Å². The van der Waals surface area contributed by atoms with Crippen LogP contribution in [0.15, 0.2) is 0 Å². The number of nitrogen functional groups attached to an aromatic ring is 1. The number of aryl methyl sites for hydroxylation is 1. The predicted molar refractivity (Wildman–Crippen MR) is 72.3 cm³/mol. The largest absolute Gasteiger partial charge is 0.394 e. The summed E-state index contributed by atoms with van der Waals surface area (Å²) >= 11 is 0. The number of anilines is 2. The standard InChI is InChI=1S/C13H24N4/c1-5-10-6-7-17(8-10)13-11(14)12(9(2)3)15-16(13)4/h9-10H,5-8,14H2,1-4H3. The summed E-state index contributed by atoms with van der Waals surface area (Å²) in [6.07, 6.45) is 2.53. The number of nitrogens with two attached hydrogens (primary N) is 1. The Hall–Kier alpha value is -1.19. The van der Waals surface area contributed by atoms with Crippen LogP contribution < -0.4 is 10.6 Å². The lowest BCUT2D eigenvalue weighted by Crippen LogP contribution is -2.23. The van der Waals surface area contributed by atoms with Crippen LogP contribution in [-0.2, 0) is 7.05 Å². The highest BCUT2D eigenvalue weighted by Gasteiger charge is 2.27. The Kier molecular flexibility index (Phi) is 3.31. The molecule has 17 heavy (non-hydrogen) atoms. The van der Waals surface area contributed by atoms with Crippen molar-refractivity contribution in [1.82, 2.24) is 9.78 Å². The van der Waals surface area contributed by atoms with Crippen LogP contribution >= 0.6 is 0 Å². The summed E-state index contributed by atoms with van der Waals surface area (Å²) in [5.41, 5.74) is 8.15. The smallest absolute Gasteiger partial charge is 0.150 e. The molecule has 2 rings (SSSR count). The molecule has 0 radical (unpaired) electrons.